The number of rotatable bonds is 9. The molecular formula is C20H26N4O5. The van der Waals surface area contributed by atoms with Crippen LogP contribution in [-0.2, 0) is 4.74 Å². The lowest BCUT2D eigenvalue weighted by Crippen LogP contribution is -2.44. The van der Waals surface area contributed by atoms with Crippen molar-refractivity contribution < 1.29 is 14.5 Å². The summed E-state index contributed by atoms with van der Waals surface area (Å²) in [5, 5.41) is 15.6. The first kappa shape index (κ1) is 22.2. The van der Waals surface area contributed by atoms with Crippen molar-refractivity contribution >= 4 is 11.6 Å². The predicted molar refractivity (Wildman–Crippen MR) is 109 cm³/mol. The molecule has 1 aromatic carbocycles. The van der Waals surface area contributed by atoms with Crippen LogP contribution in [0.15, 0.2) is 35.1 Å². The van der Waals surface area contributed by atoms with Crippen molar-refractivity contribution in [1.82, 2.24) is 14.7 Å². The number of aromatic nitrogens is 2. The van der Waals surface area contributed by atoms with Crippen LogP contribution in [0, 0.1) is 17.0 Å². The van der Waals surface area contributed by atoms with E-state index in [4.69, 9.17) is 4.74 Å². The van der Waals surface area contributed by atoms with Crippen LogP contribution in [0.4, 0.5) is 5.69 Å². The normalized spacial score (nSPS) is 10.9. The van der Waals surface area contributed by atoms with Gasteiger partial charge in [-0.1, -0.05) is 26.0 Å². The van der Waals surface area contributed by atoms with E-state index >= 15 is 0 Å². The molecule has 0 spiro atoms. The van der Waals surface area contributed by atoms with Crippen LogP contribution >= 0.6 is 0 Å². The second-order valence-electron chi connectivity index (χ2n) is 6.62. The lowest BCUT2D eigenvalue weighted by Gasteiger charge is -2.30. The molecule has 29 heavy (non-hydrogen) atoms. The number of amides is 1. The van der Waals surface area contributed by atoms with E-state index in [0.29, 0.717) is 18.8 Å². The number of carbonyl (C=O) groups is 1. The average Bonchev–Trinajstić information content (AvgIpc) is 2.70. The summed E-state index contributed by atoms with van der Waals surface area (Å²) < 4.78 is 6.38. The monoisotopic (exact) mass is 402 g/mol. The lowest BCUT2D eigenvalue weighted by molar-refractivity contribution is -0.384. The quantitative estimate of drug-likeness (QED) is 0.471. The number of nitro groups is 1. The smallest absolute Gasteiger partial charge is 0.294 e. The van der Waals surface area contributed by atoms with Gasteiger partial charge in [0.1, 0.15) is 5.69 Å². The van der Waals surface area contributed by atoms with Crippen LogP contribution in [0.5, 0.6) is 0 Å². The Morgan fingerprint density at radius 3 is 2.55 bits per heavy atom. The fourth-order valence-corrected chi connectivity index (χ4v) is 3.24. The maximum absolute atomic E-state index is 13.2. The molecule has 0 saturated heterocycles. The van der Waals surface area contributed by atoms with Crippen LogP contribution in [0.2, 0.25) is 0 Å². The molecule has 0 fully saturated rings. The van der Waals surface area contributed by atoms with Gasteiger partial charge in [-0.25, -0.2) is 4.68 Å². The summed E-state index contributed by atoms with van der Waals surface area (Å²) in [6.45, 7) is 6.20. The summed E-state index contributed by atoms with van der Waals surface area (Å²) >= 11 is 0. The molecule has 9 heteroatoms. The Morgan fingerprint density at radius 1 is 1.31 bits per heavy atom. The van der Waals surface area contributed by atoms with Gasteiger partial charge in [0.25, 0.3) is 11.6 Å². The molecule has 0 aliphatic rings. The van der Waals surface area contributed by atoms with Gasteiger partial charge in [0, 0.05) is 37.5 Å². The number of nitro benzene ring substituents is 1. The van der Waals surface area contributed by atoms with E-state index in [2.05, 4.69) is 5.10 Å². The molecule has 1 heterocycles. The number of carbonyl (C=O) groups excluding carboxylic acids is 1. The number of benzene rings is 1. The van der Waals surface area contributed by atoms with Gasteiger partial charge in [-0.2, -0.15) is 5.10 Å². The van der Waals surface area contributed by atoms with Crippen molar-refractivity contribution in [2.24, 2.45) is 0 Å². The SMILES string of the molecule is CCC(CC)N(CCOC)C(=O)c1nn(-c2ccccc2[N+](=O)[O-])c(C)cc1=O. The van der Waals surface area contributed by atoms with E-state index in [1.807, 2.05) is 13.8 Å². The summed E-state index contributed by atoms with van der Waals surface area (Å²) in [7, 11) is 1.54. The van der Waals surface area contributed by atoms with Crippen molar-refractivity contribution in [3.05, 3.63) is 62.1 Å². The number of ether oxygens (including phenoxy) is 1. The summed E-state index contributed by atoms with van der Waals surface area (Å²) in [5.41, 5.74) is -0.365. The zero-order valence-corrected chi connectivity index (χ0v) is 17.1. The molecule has 0 atom stereocenters. The number of para-hydroxylation sites is 2. The topological polar surface area (TPSA) is 108 Å². The first-order valence-electron chi connectivity index (χ1n) is 9.50. The van der Waals surface area contributed by atoms with Gasteiger partial charge in [0.2, 0.25) is 5.43 Å². The Morgan fingerprint density at radius 2 is 1.97 bits per heavy atom. The first-order chi connectivity index (χ1) is 13.8. The number of hydrogen-bond donors (Lipinski definition) is 0. The predicted octanol–water partition coefficient (Wildman–Crippen LogP) is 2.73. The summed E-state index contributed by atoms with van der Waals surface area (Å²) in [6, 6.07) is 7.27. The van der Waals surface area contributed by atoms with Gasteiger partial charge in [-0.05, 0) is 25.8 Å². The minimum atomic E-state index is -0.523. The Kier molecular flexibility index (Phi) is 7.60. The fourth-order valence-electron chi connectivity index (χ4n) is 3.24. The molecule has 2 aromatic rings. The maximum Gasteiger partial charge on any atom is 0.294 e. The van der Waals surface area contributed by atoms with Crippen molar-refractivity contribution in [1.29, 1.82) is 0 Å². The second kappa shape index (κ2) is 9.92. The molecule has 0 aliphatic carbocycles. The highest BCUT2D eigenvalue weighted by molar-refractivity contribution is 5.92. The Bertz CT molecular complexity index is 937. The van der Waals surface area contributed by atoms with Crippen molar-refractivity contribution in [3.63, 3.8) is 0 Å². The number of aryl methyl sites for hydroxylation is 1. The molecule has 2 rings (SSSR count). The van der Waals surface area contributed by atoms with Gasteiger partial charge >= 0.3 is 0 Å². The van der Waals surface area contributed by atoms with Crippen LogP contribution in [-0.4, -0.2) is 51.8 Å². The van der Waals surface area contributed by atoms with Gasteiger partial charge in [0.05, 0.1) is 11.5 Å². The Hall–Kier alpha value is -3.07. The van der Waals surface area contributed by atoms with Gasteiger partial charge in [0.15, 0.2) is 5.69 Å². The van der Waals surface area contributed by atoms with Crippen molar-refractivity contribution in [2.75, 3.05) is 20.3 Å². The first-order valence-corrected chi connectivity index (χ1v) is 9.50. The third kappa shape index (κ3) is 4.86. The van der Waals surface area contributed by atoms with E-state index in [0.717, 1.165) is 12.8 Å². The molecule has 0 unspecified atom stereocenters. The van der Waals surface area contributed by atoms with E-state index in [1.54, 1.807) is 31.1 Å². The standard InChI is InChI=1S/C20H26N4O5/c1-5-15(6-2)22(11-12-29-4)20(26)19-18(25)13-14(3)23(21-19)16-9-7-8-10-17(16)24(27)28/h7-10,13,15H,5-6,11-12H2,1-4H3. The van der Waals surface area contributed by atoms with E-state index in [1.165, 1.54) is 22.9 Å². The summed E-state index contributed by atoms with van der Waals surface area (Å²) in [5.74, 6) is -0.506. The third-order valence-corrected chi connectivity index (χ3v) is 4.80. The van der Waals surface area contributed by atoms with Crippen molar-refractivity contribution in [3.8, 4) is 5.69 Å². The summed E-state index contributed by atoms with van der Waals surface area (Å²) in [6.07, 6.45) is 1.44. The average molecular weight is 402 g/mol. The van der Waals surface area contributed by atoms with Gasteiger partial charge in [-0.15, -0.1) is 0 Å². The largest absolute Gasteiger partial charge is 0.383 e. The Labute approximate surface area is 169 Å². The zero-order valence-electron chi connectivity index (χ0n) is 17.1. The molecule has 1 aromatic heterocycles. The highest BCUT2D eigenvalue weighted by Gasteiger charge is 2.27. The molecule has 0 bridgehead atoms. The van der Waals surface area contributed by atoms with Crippen LogP contribution in [0.3, 0.4) is 0 Å². The van der Waals surface area contributed by atoms with Crippen molar-refractivity contribution in [2.45, 2.75) is 39.7 Å². The summed E-state index contributed by atoms with van der Waals surface area (Å²) in [4.78, 5) is 38.2. The van der Waals surface area contributed by atoms with Crippen LogP contribution < -0.4 is 5.43 Å². The van der Waals surface area contributed by atoms with Gasteiger partial charge < -0.3 is 9.64 Å². The minimum absolute atomic E-state index is 0.0698. The number of nitrogens with zero attached hydrogens (tertiary/aromatic N) is 4. The second-order valence-corrected chi connectivity index (χ2v) is 6.62. The molecule has 156 valence electrons. The Balaban J connectivity index is 2.59. The molecule has 0 aliphatic heterocycles. The maximum atomic E-state index is 13.2. The molecule has 0 N–H and O–H groups in total. The zero-order chi connectivity index (χ0) is 21.6. The minimum Gasteiger partial charge on any atom is -0.383 e. The van der Waals surface area contributed by atoms with E-state index in [-0.39, 0.29) is 23.1 Å². The fraction of sp³-hybridized carbons (Fsp3) is 0.450. The third-order valence-electron chi connectivity index (χ3n) is 4.80. The molecule has 1 amide bonds. The molecule has 9 nitrogen and oxygen atoms in total. The van der Waals surface area contributed by atoms with Crippen LogP contribution in [0.1, 0.15) is 42.9 Å². The van der Waals surface area contributed by atoms with Gasteiger partial charge in [-0.3, -0.25) is 19.7 Å². The lowest BCUT2D eigenvalue weighted by atomic mass is 10.1. The highest BCUT2D eigenvalue weighted by atomic mass is 16.6. The van der Waals surface area contributed by atoms with E-state index in [9.17, 15) is 19.7 Å². The molecular weight excluding hydrogens is 376 g/mol. The van der Waals surface area contributed by atoms with Crippen LogP contribution in [0.25, 0.3) is 5.69 Å². The number of hydrogen-bond acceptors (Lipinski definition) is 6. The number of methoxy groups -OCH3 is 1. The molecule has 0 saturated carbocycles. The van der Waals surface area contributed by atoms with E-state index < -0.39 is 16.3 Å². The highest BCUT2D eigenvalue weighted by Crippen LogP contribution is 2.22. The molecule has 0 radical (unpaired) electrons.